The summed E-state index contributed by atoms with van der Waals surface area (Å²) in [5.41, 5.74) is 12.4. The number of hydrogen-bond acceptors (Lipinski definition) is 9. The summed E-state index contributed by atoms with van der Waals surface area (Å²) < 4.78 is 62.3. The number of nitrogens with zero attached hydrogens (tertiary/aromatic N) is 6. The predicted octanol–water partition coefficient (Wildman–Crippen LogP) is 2.34. The lowest BCUT2D eigenvalue weighted by Crippen LogP contribution is -2.55. The lowest BCUT2D eigenvalue weighted by Gasteiger charge is -2.30. The van der Waals surface area contributed by atoms with E-state index in [1.54, 1.807) is 15.5 Å². The number of benzene rings is 1. The van der Waals surface area contributed by atoms with Gasteiger partial charge < -0.3 is 30.8 Å². The van der Waals surface area contributed by atoms with Crippen LogP contribution < -0.4 is 21.1 Å². The van der Waals surface area contributed by atoms with Gasteiger partial charge in [0.1, 0.15) is 23.8 Å². The third kappa shape index (κ3) is 4.45. The van der Waals surface area contributed by atoms with Crippen molar-refractivity contribution in [3.05, 3.63) is 54.2 Å². The highest BCUT2D eigenvalue weighted by Crippen LogP contribution is 2.35. The number of aromatic nitrogens is 5. The van der Waals surface area contributed by atoms with E-state index in [9.17, 15) is 22.7 Å². The minimum Gasteiger partial charge on any atom is -0.494 e. The maximum Gasteiger partial charge on any atom is 0.265 e. The molecule has 5 N–H and O–H groups in total. The second-order valence-corrected chi connectivity index (χ2v) is 9.15. The summed E-state index contributed by atoms with van der Waals surface area (Å²) >= 11 is 0. The van der Waals surface area contributed by atoms with Crippen molar-refractivity contribution in [2.24, 2.45) is 5.73 Å². The Morgan fingerprint density at radius 2 is 1.92 bits per heavy atom. The Kier molecular flexibility index (Phi) is 6.53. The molecule has 1 aromatic carbocycles. The third-order valence-electron chi connectivity index (χ3n) is 6.75. The number of nitrogen functional groups attached to an aromatic ring is 1. The molecule has 0 amide bonds. The number of ether oxygens (including phenoxy) is 1. The van der Waals surface area contributed by atoms with Gasteiger partial charge in [0, 0.05) is 24.7 Å². The standard InChI is InChI=1S/C24H24F4N8O2/c1-38-18-6-14(25)13(5-15(18)26)16-4-12(8-36-11-34-19-22(29)32-10-33-23(19)36)17(7-31-16)35-3-2-24(30,9-35)20(37)21(27)28/h4-7,10-11,20-21,37H,2-3,8-9,30H2,1H3,(H2,29,32,33)/t20-,24+/m0/s1. The number of alkyl halides is 2. The molecular formula is C24H24F4N8O2. The number of aliphatic hydroxyl groups is 1. The molecule has 200 valence electrons. The summed E-state index contributed by atoms with van der Waals surface area (Å²) in [5, 5.41) is 10.0. The third-order valence-corrected chi connectivity index (χ3v) is 6.75. The van der Waals surface area contributed by atoms with Gasteiger partial charge in [-0.25, -0.2) is 32.5 Å². The van der Waals surface area contributed by atoms with E-state index in [-0.39, 0.29) is 48.9 Å². The Morgan fingerprint density at radius 3 is 2.66 bits per heavy atom. The molecule has 0 unspecified atom stereocenters. The van der Waals surface area contributed by atoms with E-state index in [0.717, 1.165) is 12.1 Å². The zero-order chi connectivity index (χ0) is 27.2. The van der Waals surface area contributed by atoms with Crippen molar-refractivity contribution in [2.45, 2.75) is 31.0 Å². The molecule has 1 fully saturated rings. The van der Waals surface area contributed by atoms with E-state index in [4.69, 9.17) is 16.2 Å². The molecule has 1 aliphatic heterocycles. The molecule has 1 aliphatic rings. The molecule has 0 aliphatic carbocycles. The molecule has 5 rings (SSSR count). The van der Waals surface area contributed by atoms with E-state index in [0.29, 0.717) is 22.4 Å². The van der Waals surface area contributed by atoms with E-state index in [1.165, 1.54) is 26.0 Å². The average Bonchev–Trinajstić information content (AvgIpc) is 3.50. The van der Waals surface area contributed by atoms with Gasteiger partial charge in [-0.1, -0.05) is 0 Å². The number of pyridine rings is 1. The van der Waals surface area contributed by atoms with E-state index in [2.05, 4.69) is 19.9 Å². The highest BCUT2D eigenvalue weighted by molar-refractivity contribution is 5.81. The van der Waals surface area contributed by atoms with Gasteiger partial charge in [0.2, 0.25) is 0 Å². The normalized spacial score (nSPS) is 18.5. The number of hydrogen-bond donors (Lipinski definition) is 3. The lowest BCUT2D eigenvalue weighted by atomic mass is 9.93. The summed E-state index contributed by atoms with van der Waals surface area (Å²) in [4.78, 5) is 18.5. The SMILES string of the molecule is COc1cc(F)c(-c2cc(Cn3cnc4c(N)ncnc43)c(N3CC[C@](N)([C@@H](O)C(F)F)C3)cn2)cc1F. The van der Waals surface area contributed by atoms with Crippen LogP contribution in [0.25, 0.3) is 22.4 Å². The molecule has 14 heteroatoms. The Balaban J connectivity index is 1.59. The van der Waals surface area contributed by atoms with Crippen molar-refractivity contribution in [1.29, 1.82) is 0 Å². The monoisotopic (exact) mass is 532 g/mol. The Labute approximate surface area is 213 Å². The zero-order valence-electron chi connectivity index (χ0n) is 20.2. The first kappa shape index (κ1) is 25.6. The Morgan fingerprint density at radius 1 is 1.13 bits per heavy atom. The molecule has 0 radical (unpaired) electrons. The van der Waals surface area contributed by atoms with Crippen LogP contribution in [0.4, 0.5) is 29.1 Å². The fourth-order valence-electron chi connectivity index (χ4n) is 4.68. The largest absolute Gasteiger partial charge is 0.494 e. The number of anilines is 2. The second kappa shape index (κ2) is 9.68. The van der Waals surface area contributed by atoms with Crippen LogP contribution in [0.2, 0.25) is 0 Å². The van der Waals surface area contributed by atoms with Crippen LogP contribution in [0.15, 0.2) is 37.1 Å². The fourth-order valence-corrected chi connectivity index (χ4v) is 4.68. The molecule has 0 bridgehead atoms. The van der Waals surface area contributed by atoms with Crippen LogP contribution in [0.5, 0.6) is 5.75 Å². The molecule has 0 saturated carbocycles. The predicted molar refractivity (Wildman–Crippen MR) is 131 cm³/mol. The first-order valence-corrected chi connectivity index (χ1v) is 11.5. The van der Waals surface area contributed by atoms with Gasteiger partial charge in [-0.3, -0.25) is 4.98 Å². The first-order valence-electron chi connectivity index (χ1n) is 11.5. The van der Waals surface area contributed by atoms with Crippen LogP contribution >= 0.6 is 0 Å². The smallest absolute Gasteiger partial charge is 0.265 e. The van der Waals surface area contributed by atoms with Gasteiger partial charge in [-0.15, -0.1) is 0 Å². The number of aliphatic hydroxyl groups excluding tert-OH is 1. The topological polar surface area (TPSA) is 141 Å². The van der Waals surface area contributed by atoms with E-state index >= 15 is 0 Å². The molecular weight excluding hydrogens is 508 g/mol. The second-order valence-electron chi connectivity index (χ2n) is 9.15. The highest BCUT2D eigenvalue weighted by atomic mass is 19.3. The van der Waals surface area contributed by atoms with Gasteiger partial charge in [-0.2, -0.15) is 0 Å². The average molecular weight is 533 g/mol. The van der Waals surface area contributed by atoms with E-state index in [1.807, 2.05) is 0 Å². The molecule has 1 saturated heterocycles. The van der Waals surface area contributed by atoms with E-state index < -0.39 is 29.7 Å². The molecule has 2 atom stereocenters. The summed E-state index contributed by atoms with van der Waals surface area (Å²) in [5.74, 6) is -1.57. The van der Waals surface area contributed by atoms with Crippen LogP contribution in [0.1, 0.15) is 12.0 Å². The molecule has 10 nitrogen and oxygen atoms in total. The van der Waals surface area contributed by atoms with Crippen LogP contribution in [-0.2, 0) is 6.54 Å². The van der Waals surface area contributed by atoms with Gasteiger partial charge in [0.05, 0.1) is 43.1 Å². The number of imidazole rings is 1. The van der Waals surface area contributed by atoms with Crippen molar-refractivity contribution in [3.8, 4) is 17.0 Å². The van der Waals surface area contributed by atoms with Crippen LogP contribution in [0.3, 0.4) is 0 Å². The van der Waals surface area contributed by atoms with Crippen molar-refractivity contribution in [3.63, 3.8) is 0 Å². The fraction of sp³-hybridized carbons (Fsp3) is 0.333. The number of rotatable bonds is 7. The van der Waals surface area contributed by atoms with Crippen molar-refractivity contribution in [1.82, 2.24) is 24.5 Å². The maximum atomic E-state index is 14.9. The molecule has 4 aromatic rings. The summed E-state index contributed by atoms with van der Waals surface area (Å²) in [6, 6.07) is 3.48. The first-order chi connectivity index (χ1) is 18.1. The molecule has 38 heavy (non-hydrogen) atoms. The Hall–Kier alpha value is -4.04. The van der Waals surface area contributed by atoms with Crippen LogP contribution in [-0.4, -0.2) is 67.9 Å². The summed E-state index contributed by atoms with van der Waals surface area (Å²) in [6.07, 6.45) is -0.679. The maximum absolute atomic E-state index is 14.9. The highest BCUT2D eigenvalue weighted by Gasteiger charge is 2.45. The number of methoxy groups -OCH3 is 1. The number of fused-ring (bicyclic) bond motifs is 1. The zero-order valence-corrected chi connectivity index (χ0v) is 20.2. The molecule has 0 spiro atoms. The van der Waals surface area contributed by atoms with Crippen molar-refractivity contribution in [2.75, 3.05) is 30.8 Å². The summed E-state index contributed by atoms with van der Waals surface area (Å²) in [6.45, 7) is 0.334. The van der Waals surface area contributed by atoms with Crippen molar-refractivity contribution >= 4 is 22.7 Å². The molecule has 4 heterocycles. The lowest BCUT2D eigenvalue weighted by molar-refractivity contribution is -0.0438. The Bertz CT molecular complexity index is 1500. The van der Waals surface area contributed by atoms with Crippen molar-refractivity contribution < 1.29 is 27.4 Å². The van der Waals surface area contributed by atoms with Crippen LogP contribution in [0, 0.1) is 11.6 Å². The minimum atomic E-state index is -3.00. The van der Waals surface area contributed by atoms with Gasteiger partial charge in [0.15, 0.2) is 23.0 Å². The molecule has 3 aromatic heterocycles. The van der Waals surface area contributed by atoms with Gasteiger partial charge >= 0.3 is 0 Å². The minimum absolute atomic E-state index is 0.0716. The number of halogens is 4. The summed E-state index contributed by atoms with van der Waals surface area (Å²) in [7, 11) is 1.23. The number of nitrogens with two attached hydrogens (primary N) is 2. The van der Waals surface area contributed by atoms with Gasteiger partial charge in [0.25, 0.3) is 6.43 Å². The quantitative estimate of drug-likeness (QED) is 0.306. The van der Waals surface area contributed by atoms with Gasteiger partial charge in [-0.05, 0) is 24.1 Å².